The summed E-state index contributed by atoms with van der Waals surface area (Å²) in [6.45, 7) is 3.87. The number of H-pyrrole nitrogens is 1. The molecule has 1 aromatic heterocycles. The van der Waals surface area contributed by atoms with Gasteiger partial charge < -0.3 is 5.11 Å². The number of carboxylic acids is 1. The van der Waals surface area contributed by atoms with Crippen LogP contribution in [0, 0.1) is 5.92 Å². The Bertz CT molecular complexity index is 396. The Kier molecular flexibility index (Phi) is 2.99. The normalized spacial score (nSPS) is 17.2. The first kappa shape index (κ1) is 11.2. The monoisotopic (exact) mass is 222 g/mol. The first-order valence-corrected chi connectivity index (χ1v) is 5.90. The van der Waals surface area contributed by atoms with Crippen molar-refractivity contribution in [2.24, 2.45) is 5.92 Å². The highest BCUT2D eigenvalue weighted by molar-refractivity contribution is 5.76. The first-order valence-electron chi connectivity index (χ1n) is 5.90. The molecule has 1 aliphatic rings. The molecule has 0 spiro atoms. The molecular formula is C12H18N2O2. The lowest BCUT2D eigenvalue weighted by Gasteiger charge is -2.17. The van der Waals surface area contributed by atoms with Gasteiger partial charge in [-0.25, -0.2) is 0 Å². The van der Waals surface area contributed by atoms with Crippen LogP contribution in [0.5, 0.6) is 0 Å². The molecule has 2 rings (SSSR count). The standard InChI is InChI=1S/C12H18N2O2/c1-7(2)10(12(15)16)11-8-5-3-4-6-9(8)13-14-11/h7,10H,3-6H2,1-2H3,(H,13,14)(H,15,16). The van der Waals surface area contributed by atoms with E-state index in [1.807, 2.05) is 13.8 Å². The van der Waals surface area contributed by atoms with Crippen molar-refractivity contribution < 1.29 is 9.90 Å². The van der Waals surface area contributed by atoms with Gasteiger partial charge in [0.15, 0.2) is 0 Å². The van der Waals surface area contributed by atoms with Crippen LogP contribution in [-0.4, -0.2) is 21.3 Å². The van der Waals surface area contributed by atoms with Gasteiger partial charge in [-0.2, -0.15) is 5.10 Å². The molecule has 16 heavy (non-hydrogen) atoms. The molecule has 1 heterocycles. The minimum absolute atomic E-state index is 0.0758. The maximum absolute atomic E-state index is 11.3. The third kappa shape index (κ3) is 1.84. The zero-order valence-electron chi connectivity index (χ0n) is 9.79. The fraction of sp³-hybridized carbons (Fsp3) is 0.667. The molecule has 0 aromatic carbocycles. The lowest BCUT2D eigenvalue weighted by atomic mass is 9.86. The molecule has 0 saturated carbocycles. The van der Waals surface area contributed by atoms with Crippen molar-refractivity contribution in [1.29, 1.82) is 0 Å². The SMILES string of the molecule is CC(C)C(C(=O)O)c1n[nH]c2c1CCCC2. The predicted octanol–water partition coefficient (Wildman–Crippen LogP) is 2.11. The first-order chi connectivity index (χ1) is 7.61. The van der Waals surface area contributed by atoms with Gasteiger partial charge in [0.05, 0.1) is 5.69 Å². The number of carbonyl (C=O) groups is 1. The number of nitrogens with zero attached hydrogens (tertiary/aromatic N) is 1. The number of aryl methyl sites for hydroxylation is 1. The summed E-state index contributed by atoms with van der Waals surface area (Å²) in [5.74, 6) is -1.17. The lowest BCUT2D eigenvalue weighted by molar-refractivity contribution is -0.140. The van der Waals surface area contributed by atoms with Crippen LogP contribution < -0.4 is 0 Å². The quantitative estimate of drug-likeness (QED) is 0.823. The Labute approximate surface area is 95.1 Å². The number of fused-ring (bicyclic) bond motifs is 1. The van der Waals surface area contributed by atoms with Crippen molar-refractivity contribution in [2.75, 3.05) is 0 Å². The molecule has 1 atom stereocenters. The van der Waals surface area contributed by atoms with Gasteiger partial charge in [-0.1, -0.05) is 13.8 Å². The van der Waals surface area contributed by atoms with Crippen LogP contribution in [0.1, 0.15) is 49.6 Å². The van der Waals surface area contributed by atoms with Gasteiger partial charge in [0.2, 0.25) is 0 Å². The summed E-state index contributed by atoms with van der Waals surface area (Å²) in [6, 6.07) is 0. The number of nitrogens with one attached hydrogen (secondary N) is 1. The van der Waals surface area contributed by atoms with Gasteiger partial charge in [0.25, 0.3) is 0 Å². The van der Waals surface area contributed by atoms with Gasteiger partial charge in [0.1, 0.15) is 5.92 Å². The van der Waals surface area contributed by atoms with Crippen LogP contribution in [0.3, 0.4) is 0 Å². The smallest absolute Gasteiger partial charge is 0.312 e. The molecule has 1 aliphatic carbocycles. The zero-order valence-corrected chi connectivity index (χ0v) is 9.79. The molecule has 0 saturated heterocycles. The van der Waals surface area contributed by atoms with Gasteiger partial charge in [0, 0.05) is 5.69 Å². The summed E-state index contributed by atoms with van der Waals surface area (Å²) in [5.41, 5.74) is 3.07. The van der Waals surface area contributed by atoms with Gasteiger partial charge >= 0.3 is 5.97 Å². The highest BCUT2D eigenvalue weighted by Gasteiger charge is 2.30. The van der Waals surface area contributed by atoms with Crippen LogP contribution in [0.15, 0.2) is 0 Å². The molecular weight excluding hydrogens is 204 g/mol. The maximum atomic E-state index is 11.3. The number of hydrogen-bond donors (Lipinski definition) is 2. The summed E-state index contributed by atoms with van der Waals surface area (Å²) in [5, 5.41) is 16.5. The molecule has 0 bridgehead atoms. The van der Waals surface area contributed by atoms with Crippen molar-refractivity contribution in [1.82, 2.24) is 10.2 Å². The largest absolute Gasteiger partial charge is 0.481 e. The molecule has 2 N–H and O–H groups in total. The van der Waals surface area contributed by atoms with E-state index in [2.05, 4.69) is 10.2 Å². The lowest BCUT2D eigenvalue weighted by Crippen LogP contribution is -2.20. The Morgan fingerprint density at radius 1 is 1.38 bits per heavy atom. The van der Waals surface area contributed by atoms with Crippen LogP contribution in [-0.2, 0) is 17.6 Å². The summed E-state index contributed by atoms with van der Waals surface area (Å²) in [7, 11) is 0. The summed E-state index contributed by atoms with van der Waals surface area (Å²) in [6.07, 6.45) is 4.29. The third-order valence-corrected chi connectivity index (χ3v) is 3.32. The minimum atomic E-state index is -0.769. The third-order valence-electron chi connectivity index (χ3n) is 3.32. The van der Waals surface area contributed by atoms with Crippen molar-refractivity contribution in [2.45, 2.75) is 45.4 Å². The minimum Gasteiger partial charge on any atom is -0.481 e. The van der Waals surface area contributed by atoms with Gasteiger partial charge in [-0.3, -0.25) is 9.89 Å². The van der Waals surface area contributed by atoms with Crippen molar-refractivity contribution in [3.05, 3.63) is 17.0 Å². The second-order valence-electron chi connectivity index (χ2n) is 4.83. The highest BCUT2D eigenvalue weighted by Crippen LogP contribution is 2.31. The number of rotatable bonds is 3. The second-order valence-corrected chi connectivity index (χ2v) is 4.83. The topological polar surface area (TPSA) is 66.0 Å². The van der Waals surface area contributed by atoms with E-state index in [-0.39, 0.29) is 5.92 Å². The van der Waals surface area contributed by atoms with Gasteiger partial charge in [-0.05, 0) is 37.2 Å². The second kappa shape index (κ2) is 4.28. The molecule has 88 valence electrons. The van der Waals surface area contributed by atoms with Crippen molar-refractivity contribution in [3.63, 3.8) is 0 Å². The molecule has 0 radical (unpaired) electrons. The van der Waals surface area contributed by atoms with Crippen LogP contribution in [0.25, 0.3) is 0 Å². The number of aromatic amines is 1. The average Bonchev–Trinajstić information content (AvgIpc) is 2.61. The average molecular weight is 222 g/mol. The molecule has 0 aliphatic heterocycles. The van der Waals surface area contributed by atoms with E-state index in [1.54, 1.807) is 0 Å². The zero-order chi connectivity index (χ0) is 11.7. The molecule has 0 amide bonds. The van der Waals surface area contributed by atoms with Crippen LogP contribution in [0.4, 0.5) is 0 Å². The summed E-state index contributed by atoms with van der Waals surface area (Å²) in [4.78, 5) is 11.3. The summed E-state index contributed by atoms with van der Waals surface area (Å²) >= 11 is 0. The summed E-state index contributed by atoms with van der Waals surface area (Å²) < 4.78 is 0. The van der Waals surface area contributed by atoms with E-state index in [4.69, 9.17) is 0 Å². The molecule has 4 heteroatoms. The number of aliphatic carboxylic acids is 1. The Balaban J connectivity index is 2.38. The fourth-order valence-electron chi connectivity index (χ4n) is 2.48. The Hall–Kier alpha value is -1.32. The Morgan fingerprint density at radius 3 is 2.69 bits per heavy atom. The molecule has 1 aromatic rings. The fourth-order valence-corrected chi connectivity index (χ4v) is 2.48. The maximum Gasteiger partial charge on any atom is 0.312 e. The predicted molar refractivity (Wildman–Crippen MR) is 60.4 cm³/mol. The van der Waals surface area contributed by atoms with E-state index in [1.165, 1.54) is 6.42 Å². The number of hydrogen-bond acceptors (Lipinski definition) is 2. The van der Waals surface area contributed by atoms with E-state index in [0.29, 0.717) is 0 Å². The molecule has 1 unspecified atom stereocenters. The van der Waals surface area contributed by atoms with Crippen LogP contribution >= 0.6 is 0 Å². The molecule has 0 fully saturated rings. The number of aromatic nitrogens is 2. The Morgan fingerprint density at radius 2 is 2.06 bits per heavy atom. The van der Waals surface area contributed by atoms with E-state index in [0.717, 1.165) is 36.2 Å². The van der Waals surface area contributed by atoms with E-state index >= 15 is 0 Å². The number of carboxylic acid groups (broad SMARTS) is 1. The highest BCUT2D eigenvalue weighted by atomic mass is 16.4. The van der Waals surface area contributed by atoms with Gasteiger partial charge in [-0.15, -0.1) is 0 Å². The van der Waals surface area contributed by atoms with Crippen molar-refractivity contribution in [3.8, 4) is 0 Å². The van der Waals surface area contributed by atoms with E-state index < -0.39 is 11.9 Å². The van der Waals surface area contributed by atoms with E-state index in [9.17, 15) is 9.90 Å². The van der Waals surface area contributed by atoms with Crippen molar-refractivity contribution >= 4 is 5.97 Å². The van der Waals surface area contributed by atoms with Crippen LogP contribution in [0.2, 0.25) is 0 Å². The molecule has 4 nitrogen and oxygen atoms in total.